The van der Waals surface area contributed by atoms with Gasteiger partial charge in [0.15, 0.2) is 11.6 Å². The number of carbonyl (C=O) groups is 4. The lowest BCUT2D eigenvalue weighted by Crippen LogP contribution is -2.45. The second kappa shape index (κ2) is 13.2. The molecule has 2 amide bonds. The van der Waals surface area contributed by atoms with Gasteiger partial charge in [0, 0.05) is 31.7 Å². The van der Waals surface area contributed by atoms with Gasteiger partial charge in [0.1, 0.15) is 17.1 Å². The number of halogens is 2. The number of amides is 2. The molecule has 0 bridgehead atoms. The van der Waals surface area contributed by atoms with Crippen LogP contribution in [0, 0.1) is 5.82 Å². The molecule has 1 saturated carbocycles. The summed E-state index contributed by atoms with van der Waals surface area (Å²) in [6.07, 6.45) is 3.14. The van der Waals surface area contributed by atoms with Crippen LogP contribution < -0.4 is 31.4 Å². The molecule has 1 aromatic carbocycles. The summed E-state index contributed by atoms with van der Waals surface area (Å²) in [7, 11) is 1.32. The van der Waals surface area contributed by atoms with Crippen LogP contribution in [0.4, 0.5) is 14.5 Å². The molecule has 2 fully saturated rings. The van der Waals surface area contributed by atoms with Crippen LogP contribution in [0.5, 0.6) is 5.75 Å². The number of hydrogen-bond donors (Lipinski definition) is 5. The molecule has 6 N–H and O–H groups in total. The normalized spacial score (nSPS) is 16.9. The molecule has 2 heterocycles. The molecule has 15 heteroatoms. The third kappa shape index (κ3) is 7.10. The minimum absolute atomic E-state index is 0.0165. The maximum absolute atomic E-state index is 15.6. The van der Waals surface area contributed by atoms with Crippen molar-refractivity contribution in [2.75, 3.05) is 38.2 Å². The quantitative estimate of drug-likeness (QED) is 0.236. The number of piperidine rings is 1. The number of pyridine rings is 1. The van der Waals surface area contributed by atoms with Gasteiger partial charge in [-0.1, -0.05) is 0 Å². The molecule has 2 aliphatic rings. The maximum Gasteiger partial charge on any atom is 0.341 e. The summed E-state index contributed by atoms with van der Waals surface area (Å²) in [4.78, 5) is 60.9. The maximum atomic E-state index is 15.6. The first-order valence-electron chi connectivity index (χ1n) is 13.7. The monoisotopic (exact) mass is 605 g/mol. The van der Waals surface area contributed by atoms with Gasteiger partial charge in [-0.3, -0.25) is 19.2 Å². The Labute approximate surface area is 244 Å². The van der Waals surface area contributed by atoms with Crippen LogP contribution in [-0.4, -0.2) is 77.9 Å². The molecule has 43 heavy (non-hydrogen) atoms. The van der Waals surface area contributed by atoms with Crippen molar-refractivity contribution in [3.63, 3.8) is 0 Å². The lowest BCUT2D eigenvalue weighted by atomic mass is 10.0. The van der Waals surface area contributed by atoms with Crippen molar-refractivity contribution < 1.29 is 42.9 Å². The molecule has 0 radical (unpaired) electrons. The van der Waals surface area contributed by atoms with E-state index in [1.165, 1.54) is 13.3 Å². The van der Waals surface area contributed by atoms with E-state index in [0.717, 1.165) is 18.9 Å². The van der Waals surface area contributed by atoms with Gasteiger partial charge in [-0.05, 0) is 43.7 Å². The van der Waals surface area contributed by atoms with Gasteiger partial charge in [0.05, 0.1) is 37.1 Å². The molecule has 1 aliphatic carbocycles. The van der Waals surface area contributed by atoms with Gasteiger partial charge < -0.3 is 40.8 Å². The number of benzene rings is 1. The Hall–Kier alpha value is -4.53. The van der Waals surface area contributed by atoms with E-state index < -0.39 is 65.5 Å². The van der Waals surface area contributed by atoms with Crippen molar-refractivity contribution in [3.8, 4) is 5.75 Å². The van der Waals surface area contributed by atoms with E-state index in [4.69, 9.17) is 15.6 Å². The molecule has 232 valence electrons. The number of nitrogens with two attached hydrogens (primary N) is 1. The number of hydrogen-bond acceptors (Lipinski definition) is 8. The fourth-order valence-corrected chi connectivity index (χ4v) is 5.08. The largest absolute Gasteiger partial charge is 0.492 e. The Morgan fingerprint density at radius 3 is 2.53 bits per heavy atom. The summed E-state index contributed by atoms with van der Waals surface area (Å²) in [6.45, 7) is -0.646. The lowest BCUT2D eigenvalue weighted by molar-refractivity contribution is -0.137. The summed E-state index contributed by atoms with van der Waals surface area (Å²) in [6, 6.07) is -0.185. The van der Waals surface area contributed by atoms with E-state index in [-0.39, 0.29) is 47.8 Å². The smallest absolute Gasteiger partial charge is 0.341 e. The number of methoxy groups -OCH3 is 1. The molecule has 0 spiro atoms. The summed E-state index contributed by atoms with van der Waals surface area (Å²) in [5.41, 5.74) is 4.89. The second-order valence-electron chi connectivity index (χ2n) is 10.5. The topological polar surface area (TPSA) is 193 Å². The van der Waals surface area contributed by atoms with Crippen LogP contribution in [0.25, 0.3) is 10.9 Å². The summed E-state index contributed by atoms with van der Waals surface area (Å²) < 4.78 is 38.0. The number of aromatic nitrogens is 1. The van der Waals surface area contributed by atoms with Crippen molar-refractivity contribution in [1.29, 1.82) is 0 Å². The third-order valence-corrected chi connectivity index (χ3v) is 7.43. The van der Waals surface area contributed by atoms with Crippen LogP contribution >= 0.6 is 0 Å². The number of nitrogens with zero attached hydrogens (tertiary/aromatic N) is 2. The number of carbonyl (C=O) groups excluding carboxylic acids is 2. The van der Waals surface area contributed by atoms with E-state index >= 15 is 8.78 Å². The van der Waals surface area contributed by atoms with Crippen molar-refractivity contribution >= 4 is 40.3 Å². The zero-order valence-corrected chi connectivity index (χ0v) is 23.5. The number of fused-ring (bicyclic) bond motifs is 1. The van der Waals surface area contributed by atoms with E-state index in [2.05, 4.69) is 10.6 Å². The summed E-state index contributed by atoms with van der Waals surface area (Å²) in [5.74, 6) is -5.34. The number of aliphatic carboxylic acids is 1. The SMILES string of the molecule is COc1c(N2CCC/C(=C(/F)CNC(=O)CNC(=O)[C@@H](N)CCC(=O)O)C2)c(F)cc2c(=O)c(C(=O)O)cn(C3CC3)c12. The highest BCUT2D eigenvalue weighted by molar-refractivity contribution is 5.97. The molecule has 1 saturated heterocycles. The van der Waals surface area contributed by atoms with E-state index in [1.54, 1.807) is 9.47 Å². The molecule has 13 nitrogen and oxygen atoms in total. The van der Waals surface area contributed by atoms with E-state index in [1.807, 2.05) is 0 Å². The summed E-state index contributed by atoms with van der Waals surface area (Å²) in [5, 5.41) is 22.7. The fraction of sp³-hybridized carbons (Fsp3) is 0.464. The molecular weight excluding hydrogens is 572 g/mol. The zero-order chi connectivity index (χ0) is 31.4. The molecule has 1 atom stereocenters. The fourth-order valence-electron chi connectivity index (χ4n) is 5.08. The average Bonchev–Trinajstić information content (AvgIpc) is 3.82. The van der Waals surface area contributed by atoms with Crippen LogP contribution in [0.2, 0.25) is 0 Å². The Morgan fingerprint density at radius 1 is 1.19 bits per heavy atom. The van der Waals surface area contributed by atoms with Gasteiger partial charge in [-0.2, -0.15) is 0 Å². The molecule has 0 unspecified atom stereocenters. The van der Waals surface area contributed by atoms with Gasteiger partial charge >= 0.3 is 11.9 Å². The molecular formula is C28H33F2N5O8. The van der Waals surface area contributed by atoms with Crippen molar-refractivity contribution in [2.24, 2.45) is 5.73 Å². The molecule has 2 aromatic rings. The Bertz CT molecular complexity index is 1550. The first-order chi connectivity index (χ1) is 20.4. The predicted octanol–water partition coefficient (Wildman–Crippen LogP) is 1.43. The highest BCUT2D eigenvalue weighted by Crippen LogP contribution is 2.44. The Morgan fingerprint density at radius 2 is 1.91 bits per heavy atom. The molecule has 4 rings (SSSR count). The minimum atomic E-state index is -1.42. The number of carboxylic acid groups (broad SMARTS) is 2. The number of anilines is 1. The molecule has 1 aromatic heterocycles. The highest BCUT2D eigenvalue weighted by atomic mass is 19.1. The number of ether oxygens (including phenoxy) is 1. The standard InChI is InChI=1S/C28H33F2N5O8/c1-43-26-23-16(25(39)17(28(41)42)13-35(23)15-4-5-15)9-18(29)24(26)34-8-2-3-14(12-34)19(30)10-32-21(36)11-33-27(40)20(31)6-7-22(37)38/h9,13,15,20H,2-8,10-12,31H2,1H3,(H,32,36)(H,33,40)(H,37,38)(H,41,42)/b19-14-/t20-/m0/s1. The van der Waals surface area contributed by atoms with Crippen molar-refractivity contribution in [1.82, 2.24) is 15.2 Å². The predicted molar refractivity (Wildman–Crippen MR) is 150 cm³/mol. The number of rotatable bonds is 12. The van der Waals surface area contributed by atoms with Crippen molar-refractivity contribution in [2.45, 2.75) is 50.6 Å². The van der Waals surface area contributed by atoms with E-state index in [9.17, 15) is 29.1 Å². The minimum Gasteiger partial charge on any atom is -0.492 e. The Balaban J connectivity index is 1.51. The van der Waals surface area contributed by atoms with Gasteiger partial charge in [0.25, 0.3) is 0 Å². The van der Waals surface area contributed by atoms with Gasteiger partial charge in [-0.25, -0.2) is 13.6 Å². The van der Waals surface area contributed by atoms with Gasteiger partial charge in [0.2, 0.25) is 17.2 Å². The zero-order valence-electron chi connectivity index (χ0n) is 23.5. The number of aromatic carboxylic acids is 1. The van der Waals surface area contributed by atoms with Gasteiger partial charge in [-0.15, -0.1) is 0 Å². The highest BCUT2D eigenvalue weighted by Gasteiger charge is 2.32. The number of nitrogens with one attached hydrogen (secondary N) is 2. The third-order valence-electron chi connectivity index (χ3n) is 7.43. The van der Waals surface area contributed by atoms with E-state index in [0.29, 0.717) is 25.0 Å². The second-order valence-corrected chi connectivity index (χ2v) is 10.5. The van der Waals surface area contributed by atoms with Crippen LogP contribution in [-0.2, 0) is 14.4 Å². The van der Waals surface area contributed by atoms with Crippen molar-refractivity contribution in [3.05, 3.63) is 45.3 Å². The first-order valence-corrected chi connectivity index (χ1v) is 13.7. The first kappa shape index (κ1) is 31.4. The van der Waals surface area contributed by atoms with Crippen LogP contribution in [0.3, 0.4) is 0 Å². The van der Waals surface area contributed by atoms with Crippen LogP contribution in [0.1, 0.15) is 54.9 Å². The Kier molecular flexibility index (Phi) is 9.63. The molecule has 1 aliphatic heterocycles. The average molecular weight is 606 g/mol. The lowest BCUT2D eigenvalue weighted by Gasteiger charge is -2.33. The van der Waals surface area contributed by atoms with Crippen LogP contribution in [0.15, 0.2) is 28.5 Å². The summed E-state index contributed by atoms with van der Waals surface area (Å²) >= 11 is 0. The number of carboxylic acids is 2.